The fourth-order valence-corrected chi connectivity index (χ4v) is 2.51. The predicted molar refractivity (Wildman–Crippen MR) is 64.3 cm³/mol. The summed E-state index contributed by atoms with van der Waals surface area (Å²) in [6, 6.07) is 10.9. The van der Waals surface area contributed by atoms with E-state index in [0.29, 0.717) is 6.04 Å². The van der Waals surface area contributed by atoms with E-state index in [1.54, 1.807) is 6.26 Å². The minimum atomic E-state index is 0.407. The van der Waals surface area contributed by atoms with Crippen molar-refractivity contribution in [2.45, 2.75) is 19.4 Å². The summed E-state index contributed by atoms with van der Waals surface area (Å²) in [5.74, 6) is 0.965. The second kappa shape index (κ2) is 3.80. The first kappa shape index (κ1) is 9.67. The second-order valence-electron chi connectivity index (χ2n) is 4.28. The topological polar surface area (TPSA) is 25.2 Å². The molecule has 0 radical (unpaired) electrons. The molecule has 1 aliphatic heterocycles. The van der Waals surface area contributed by atoms with E-state index in [-0.39, 0.29) is 0 Å². The van der Waals surface area contributed by atoms with Crippen LogP contribution in [0.3, 0.4) is 0 Å². The summed E-state index contributed by atoms with van der Waals surface area (Å²) in [4.78, 5) is 0. The highest BCUT2D eigenvalue weighted by Crippen LogP contribution is 2.33. The van der Waals surface area contributed by atoms with E-state index in [1.807, 2.05) is 12.1 Å². The van der Waals surface area contributed by atoms with Gasteiger partial charge in [0.15, 0.2) is 0 Å². The number of benzene rings is 1. The van der Waals surface area contributed by atoms with Crippen LogP contribution in [0, 0.1) is 0 Å². The maximum absolute atomic E-state index is 5.51. The standard InChI is InChI=1S/C14H15NO/c1-10-14-11(7-8-15-10)4-2-5-12(14)13-6-3-9-16-13/h2-6,9-10,15H,7-8H2,1H3. The Hall–Kier alpha value is -1.54. The van der Waals surface area contributed by atoms with E-state index in [4.69, 9.17) is 4.42 Å². The van der Waals surface area contributed by atoms with Gasteiger partial charge >= 0.3 is 0 Å². The van der Waals surface area contributed by atoms with Gasteiger partial charge in [-0.2, -0.15) is 0 Å². The molecule has 0 saturated carbocycles. The van der Waals surface area contributed by atoms with Crippen LogP contribution in [0.15, 0.2) is 41.0 Å². The summed E-state index contributed by atoms with van der Waals surface area (Å²) in [6.07, 6.45) is 2.84. The van der Waals surface area contributed by atoms with E-state index < -0.39 is 0 Å². The van der Waals surface area contributed by atoms with Crippen molar-refractivity contribution in [3.05, 3.63) is 47.7 Å². The summed E-state index contributed by atoms with van der Waals surface area (Å²) in [5, 5.41) is 3.50. The molecule has 16 heavy (non-hydrogen) atoms. The van der Waals surface area contributed by atoms with Crippen LogP contribution in [0.1, 0.15) is 24.1 Å². The van der Waals surface area contributed by atoms with E-state index in [0.717, 1.165) is 18.7 Å². The molecule has 0 spiro atoms. The molecule has 0 aliphatic carbocycles. The number of furan rings is 1. The lowest BCUT2D eigenvalue weighted by molar-refractivity contribution is 0.536. The number of fused-ring (bicyclic) bond motifs is 1. The SMILES string of the molecule is CC1NCCc2cccc(-c3ccco3)c21. The maximum Gasteiger partial charge on any atom is 0.134 e. The molecule has 1 aromatic carbocycles. The molecule has 2 aromatic rings. The molecule has 2 nitrogen and oxygen atoms in total. The van der Waals surface area contributed by atoms with E-state index in [1.165, 1.54) is 16.7 Å². The zero-order chi connectivity index (χ0) is 11.0. The van der Waals surface area contributed by atoms with Crippen LogP contribution in [0.2, 0.25) is 0 Å². The van der Waals surface area contributed by atoms with Crippen LogP contribution < -0.4 is 5.32 Å². The molecule has 0 fully saturated rings. The van der Waals surface area contributed by atoms with Gasteiger partial charge in [0.05, 0.1) is 6.26 Å². The van der Waals surface area contributed by atoms with Crippen LogP contribution in [0.5, 0.6) is 0 Å². The van der Waals surface area contributed by atoms with Crippen molar-refractivity contribution in [1.82, 2.24) is 5.32 Å². The van der Waals surface area contributed by atoms with Crippen molar-refractivity contribution in [3.63, 3.8) is 0 Å². The van der Waals surface area contributed by atoms with Gasteiger partial charge in [-0.15, -0.1) is 0 Å². The first-order valence-electron chi connectivity index (χ1n) is 5.75. The summed E-state index contributed by atoms with van der Waals surface area (Å²) in [7, 11) is 0. The van der Waals surface area contributed by atoms with Gasteiger partial charge in [-0.3, -0.25) is 0 Å². The Labute approximate surface area is 95.3 Å². The van der Waals surface area contributed by atoms with Crippen molar-refractivity contribution in [1.29, 1.82) is 0 Å². The van der Waals surface area contributed by atoms with Gasteiger partial charge in [-0.1, -0.05) is 18.2 Å². The summed E-state index contributed by atoms with van der Waals surface area (Å²) >= 11 is 0. The highest BCUT2D eigenvalue weighted by molar-refractivity contribution is 5.65. The van der Waals surface area contributed by atoms with Gasteiger partial charge in [-0.25, -0.2) is 0 Å². The molecule has 1 atom stereocenters. The van der Waals surface area contributed by atoms with Crippen molar-refractivity contribution in [2.24, 2.45) is 0 Å². The van der Waals surface area contributed by atoms with Crippen molar-refractivity contribution >= 4 is 0 Å². The number of hydrogen-bond donors (Lipinski definition) is 1. The first-order valence-corrected chi connectivity index (χ1v) is 5.75. The number of nitrogens with one attached hydrogen (secondary N) is 1. The Kier molecular flexibility index (Phi) is 2.29. The highest BCUT2D eigenvalue weighted by atomic mass is 16.3. The Bertz CT molecular complexity index is 487. The zero-order valence-electron chi connectivity index (χ0n) is 9.36. The highest BCUT2D eigenvalue weighted by Gasteiger charge is 2.20. The fraction of sp³-hybridized carbons (Fsp3) is 0.286. The minimum absolute atomic E-state index is 0.407. The third kappa shape index (κ3) is 1.46. The molecule has 0 saturated heterocycles. The van der Waals surface area contributed by atoms with Crippen molar-refractivity contribution < 1.29 is 4.42 Å². The maximum atomic E-state index is 5.51. The molecule has 3 rings (SSSR count). The summed E-state index contributed by atoms with van der Waals surface area (Å²) < 4.78 is 5.51. The Morgan fingerprint density at radius 1 is 1.25 bits per heavy atom. The van der Waals surface area contributed by atoms with Crippen LogP contribution in [0.25, 0.3) is 11.3 Å². The van der Waals surface area contributed by atoms with Gasteiger partial charge in [0.1, 0.15) is 5.76 Å². The lowest BCUT2D eigenvalue weighted by Crippen LogP contribution is -2.28. The Morgan fingerprint density at radius 3 is 3.00 bits per heavy atom. The third-order valence-corrected chi connectivity index (χ3v) is 3.26. The average molecular weight is 213 g/mol. The second-order valence-corrected chi connectivity index (χ2v) is 4.28. The van der Waals surface area contributed by atoms with Crippen molar-refractivity contribution in [3.8, 4) is 11.3 Å². The number of hydrogen-bond acceptors (Lipinski definition) is 2. The molecular weight excluding hydrogens is 198 g/mol. The van der Waals surface area contributed by atoms with Gasteiger partial charge in [0.2, 0.25) is 0 Å². The molecule has 1 unspecified atom stereocenters. The van der Waals surface area contributed by atoms with Crippen molar-refractivity contribution in [2.75, 3.05) is 6.54 Å². The minimum Gasteiger partial charge on any atom is -0.464 e. The van der Waals surface area contributed by atoms with Crippen LogP contribution >= 0.6 is 0 Å². The van der Waals surface area contributed by atoms with E-state index in [9.17, 15) is 0 Å². The lowest BCUT2D eigenvalue weighted by atomic mass is 9.90. The Balaban J connectivity index is 2.19. The molecule has 2 heteroatoms. The third-order valence-electron chi connectivity index (χ3n) is 3.26. The smallest absolute Gasteiger partial charge is 0.134 e. The van der Waals surface area contributed by atoms with Crippen LogP contribution in [-0.2, 0) is 6.42 Å². The van der Waals surface area contributed by atoms with Crippen LogP contribution in [0.4, 0.5) is 0 Å². The first-order chi connectivity index (χ1) is 7.86. The predicted octanol–water partition coefficient (Wildman–Crippen LogP) is 3.15. The normalized spacial score (nSPS) is 19.4. The molecule has 2 heterocycles. The Morgan fingerprint density at radius 2 is 2.19 bits per heavy atom. The molecule has 1 aromatic heterocycles. The van der Waals surface area contributed by atoms with Gasteiger partial charge < -0.3 is 9.73 Å². The molecule has 1 aliphatic rings. The van der Waals surface area contributed by atoms with Gasteiger partial charge in [-0.05, 0) is 43.1 Å². The molecule has 1 N–H and O–H groups in total. The summed E-state index contributed by atoms with van der Waals surface area (Å²) in [5.41, 5.74) is 4.06. The average Bonchev–Trinajstić information content (AvgIpc) is 2.82. The van der Waals surface area contributed by atoms with Gasteiger partial charge in [0.25, 0.3) is 0 Å². The quantitative estimate of drug-likeness (QED) is 0.787. The van der Waals surface area contributed by atoms with Gasteiger partial charge in [0, 0.05) is 11.6 Å². The molecular formula is C14H15NO. The molecule has 0 bridgehead atoms. The molecule has 82 valence electrons. The number of rotatable bonds is 1. The fourth-order valence-electron chi connectivity index (χ4n) is 2.51. The monoisotopic (exact) mass is 213 g/mol. The lowest BCUT2D eigenvalue weighted by Gasteiger charge is -2.26. The van der Waals surface area contributed by atoms with E-state index in [2.05, 4.69) is 30.4 Å². The van der Waals surface area contributed by atoms with Crippen LogP contribution in [-0.4, -0.2) is 6.54 Å². The largest absolute Gasteiger partial charge is 0.464 e. The van der Waals surface area contributed by atoms with E-state index >= 15 is 0 Å². The zero-order valence-corrected chi connectivity index (χ0v) is 9.36. The molecule has 0 amide bonds. The summed E-state index contributed by atoms with van der Waals surface area (Å²) in [6.45, 7) is 3.28.